The molecule has 12 heavy (non-hydrogen) atoms. The molecule has 0 spiro atoms. The minimum absolute atomic E-state index is 0.128. The Morgan fingerprint density at radius 3 is 2.42 bits per heavy atom. The first-order chi connectivity index (χ1) is 5.65. The second kappa shape index (κ2) is 3.57. The summed E-state index contributed by atoms with van der Waals surface area (Å²) in [5.74, 6) is 0.118. The molecule has 0 radical (unpaired) electrons. The normalized spacial score (nSPS) is 10.4. The fourth-order valence-corrected chi connectivity index (χ4v) is 1.15. The van der Waals surface area contributed by atoms with Crippen LogP contribution in [0, 0.1) is 5.82 Å². The van der Waals surface area contributed by atoms with Crippen molar-refractivity contribution in [2.75, 3.05) is 12.4 Å². The molecule has 1 aromatic carbocycles. The van der Waals surface area contributed by atoms with Gasteiger partial charge in [-0.1, -0.05) is 19.9 Å². The fraction of sp³-hybridized carbons (Fsp3) is 0.400. The van der Waals surface area contributed by atoms with Crippen LogP contribution in [0.4, 0.5) is 10.1 Å². The Morgan fingerprint density at radius 2 is 2.00 bits per heavy atom. The van der Waals surface area contributed by atoms with Crippen LogP contribution in [-0.4, -0.2) is 7.05 Å². The van der Waals surface area contributed by atoms with Crippen LogP contribution in [0.1, 0.15) is 25.3 Å². The van der Waals surface area contributed by atoms with E-state index in [1.54, 1.807) is 7.05 Å². The van der Waals surface area contributed by atoms with E-state index >= 15 is 0 Å². The van der Waals surface area contributed by atoms with Crippen LogP contribution in [0.3, 0.4) is 0 Å². The van der Waals surface area contributed by atoms with Crippen molar-refractivity contribution in [3.63, 3.8) is 0 Å². The molecule has 66 valence electrons. The Kier molecular flexibility index (Phi) is 2.69. The Morgan fingerprint density at radius 1 is 1.33 bits per heavy atom. The summed E-state index contributed by atoms with van der Waals surface area (Å²) >= 11 is 0. The molecule has 0 aliphatic carbocycles. The first-order valence-corrected chi connectivity index (χ1v) is 4.12. The molecule has 0 fully saturated rings. The van der Waals surface area contributed by atoms with Gasteiger partial charge >= 0.3 is 0 Å². The molecule has 0 unspecified atom stereocenters. The smallest absolute Gasteiger partial charge is 0.128 e. The zero-order valence-corrected chi connectivity index (χ0v) is 7.69. The summed E-state index contributed by atoms with van der Waals surface area (Å²) in [4.78, 5) is 0. The monoisotopic (exact) mass is 167 g/mol. The van der Waals surface area contributed by atoms with E-state index in [4.69, 9.17) is 0 Å². The molecule has 0 atom stereocenters. The molecule has 0 bridgehead atoms. The van der Waals surface area contributed by atoms with Gasteiger partial charge in [0.1, 0.15) is 5.82 Å². The molecule has 1 rings (SSSR count). The van der Waals surface area contributed by atoms with Gasteiger partial charge in [0.25, 0.3) is 0 Å². The Labute approximate surface area is 72.6 Å². The molecule has 0 aromatic heterocycles. The number of benzene rings is 1. The lowest BCUT2D eigenvalue weighted by Gasteiger charge is -2.08. The number of anilines is 1. The predicted molar refractivity (Wildman–Crippen MR) is 50.0 cm³/mol. The molecule has 0 aliphatic heterocycles. The highest BCUT2D eigenvalue weighted by atomic mass is 19.1. The standard InChI is InChI=1S/C10H14FN/c1-7(2)9-5-4-8(12-3)6-10(9)11/h4-7,12H,1-3H3. The van der Waals surface area contributed by atoms with Crippen molar-refractivity contribution >= 4 is 5.69 Å². The van der Waals surface area contributed by atoms with Crippen LogP contribution in [0.5, 0.6) is 0 Å². The van der Waals surface area contributed by atoms with E-state index in [1.807, 2.05) is 26.0 Å². The van der Waals surface area contributed by atoms with Gasteiger partial charge in [0, 0.05) is 12.7 Å². The highest BCUT2D eigenvalue weighted by molar-refractivity contribution is 5.45. The van der Waals surface area contributed by atoms with Crippen molar-refractivity contribution in [3.05, 3.63) is 29.6 Å². The van der Waals surface area contributed by atoms with Crippen molar-refractivity contribution in [2.24, 2.45) is 0 Å². The molecular formula is C10H14FN. The molecule has 0 amide bonds. The summed E-state index contributed by atoms with van der Waals surface area (Å²) in [6, 6.07) is 5.24. The van der Waals surface area contributed by atoms with E-state index in [1.165, 1.54) is 6.07 Å². The lowest BCUT2D eigenvalue weighted by atomic mass is 10.0. The fourth-order valence-electron chi connectivity index (χ4n) is 1.15. The van der Waals surface area contributed by atoms with Crippen LogP contribution in [0.25, 0.3) is 0 Å². The topological polar surface area (TPSA) is 12.0 Å². The van der Waals surface area contributed by atoms with Gasteiger partial charge in [0.15, 0.2) is 0 Å². The second-order valence-corrected chi connectivity index (χ2v) is 3.14. The van der Waals surface area contributed by atoms with Crippen molar-refractivity contribution in [3.8, 4) is 0 Å². The summed E-state index contributed by atoms with van der Waals surface area (Å²) in [5.41, 5.74) is 1.59. The summed E-state index contributed by atoms with van der Waals surface area (Å²) in [7, 11) is 1.78. The zero-order valence-electron chi connectivity index (χ0n) is 7.69. The third kappa shape index (κ3) is 1.76. The number of rotatable bonds is 2. The highest BCUT2D eigenvalue weighted by Gasteiger charge is 2.05. The molecule has 2 heteroatoms. The molecule has 0 heterocycles. The van der Waals surface area contributed by atoms with Gasteiger partial charge in [0.05, 0.1) is 0 Å². The number of halogens is 1. The molecule has 0 aliphatic rings. The highest BCUT2D eigenvalue weighted by Crippen LogP contribution is 2.20. The van der Waals surface area contributed by atoms with Crippen molar-refractivity contribution in [1.29, 1.82) is 0 Å². The van der Waals surface area contributed by atoms with E-state index < -0.39 is 0 Å². The van der Waals surface area contributed by atoms with Crippen LogP contribution in [-0.2, 0) is 0 Å². The van der Waals surface area contributed by atoms with E-state index in [0.29, 0.717) is 0 Å². The second-order valence-electron chi connectivity index (χ2n) is 3.14. The van der Waals surface area contributed by atoms with Crippen LogP contribution in [0.15, 0.2) is 18.2 Å². The predicted octanol–water partition coefficient (Wildman–Crippen LogP) is 2.99. The molecular weight excluding hydrogens is 153 g/mol. The molecule has 0 saturated heterocycles. The minimum atomic E-state index is -0.128. The summed E-state index contributed by atoms with van der Waals surface area (Å²) < 4.78 is 13.2. The van der Waals surface area contributed by atoms with Gasteiger partial charge < -0.3 is 5.32 Å². The van der Waals surface area contributed by atoms with Gasteiger partial charge in [-0.25, -0.2) is 4.39 Å². The van der Waals surface area contributed by atoms with E-state index in [0.717, 1.165) is 11.3 Å². The number of nitrogens with one attached hydrogen (secondary N) is 1. The number of hydrogen-bond acceptors (Lipinski definition) is 1. The van der Waals surface area contributed by atoms with Gasteiger partial charge in [-0.05, 0) is 23.6 Å². The van der Waals surface area contributed by atoms with Crippen molar-refractivity contribution in [1.82, 2.24) is 0 Å². The van der Waals surface area contributed by atoms with Crippen LogP contribution < -0.4 is 5.32 Å². The van der Waals surface area contributed by atoms with Crippen LogP contribution >= 0.6 is 0 Å². The van der Waals surface area contributed by atoms with E-state index in [2.05, 4.69) is 5.32 Å². The largest absolute Gasteiger partial charge is 0.388 e. The zero-order chi connectivity index (χ0) is 9.14. The maximum absolute atomic E-state index is 13.2. The Bertz CT molecular complexity index is 269. The maximum atomic E-state index is 13.2. The van der Waals surface area contributed by atoms with Crippen LogP contribution in [0.2, 0.25) is 0 Å². The van der Waals surface area contributed by atoms with Gasteiger partial charge in [0.2, 0.25) is 0 Å². The molecule has 0 saturated carbocycles. The lowest BCUT2D eigenvalue weighted by molar-refractivity contribution is 0.599. The van der Waals surface area contributed by atoms with Gasteiger partial charge in [-0.3, -0.25) is 0 Å². The molecule has 1 N–H and O–H groups in total. The average Bonchev–Trinajstić information content (AvgIpc) is 2.03. The molecule has 1 aromatic rings. The average molecular weight is 167 g/mol. The Hall–Kier alpha value is -1.05. The number of hydrogen-bond donors (Lipinski definition) is 1. The first-order valence-electron chi connectivity index (χ1n) is 4.12. The van der Waals surface area contributed by atoms with Crippen molar-refractivity contribution < 1.29 is 4.39 Å². The Balaban J connectivity index is 3.03. The van der Waals surface area contributed by atoms with Gasteiger partial charge in [-0.2, -0.15) is 0 Å². The first kappa shape index (κ1) is 9.04. The SMILES string of the molecule is CNc1ccc(C(C)C)c(F)c1. The minimum Gasteiger partial charge on any atom is -0.388 e. The lowest BCUT2D eigenvalue weighted by Crippen LogP contribution is -1.95. The third-order valence-corrected chi connectivity index (χ3v) is 1.91. The summed E-state index contributed by atoms with van der Waals surface area (Å²) in [6.45, 7) is 3.97. The summed E-state index contributed by atoms with van der Waals surface area (Å²) in [6.07, 6.45) is 0. The van der Waals surface area contributed by atoms with Crippen molar-refractivity contribution in [2.45, 2.75) is 19.8 Å². The van der Waals surface area contributed by atoms with Gasteiger partial charge in [-0.15, -0.1) is 0 Å². The van der Waals surface area contributed by atoms with E-state index in [9.17, 15) is 4.39 Å². The molecule has 1 nitrogen and oxygen atoms in total. The quantitative estimate of drug-likeness (QED) is 0.714. The summed E-state index contributed by atoms with van der Waals surface area (Å²) in [5, 5.41) is 2.89. The third-order valence-electron chi connectivity index (χ3n) is 1.91. The van der Waals surface area contributed by atoms with E-state index in [-0.39, 0.29) is 11.7 Å². The maximum Gasteiger partial charge on any atom is 0.128 e.